The van der Waals surface area contributed by atoms with Gasteiger partial charge in [0.2, 0.25) is 15.9 Å². The minimum absolute atomic E-state index is 0.0282. The van der Waals surface area contributed by atoms with Gasteiger partial charge in [-0.3, -0.25) is 9.69 Å². The van der Waals surface area contributed by atoms with Gasteiger partial charge in [-0.15, -0.1) is 0 Å². The van der Waals surface area contributed by atoms with Crippen molar-refractivity contribution < 1.29 is 26.5 Å². The van der Waals surface area contributed by atoms with Gasteiger partial charge in [-0.05, 0) is 57.4 Å². The molecule has 3 heterocycles. The minimum Gasteiger partial charge on any atom is -0.355 e. The average Bonchev–Trinajstić information content (AvgIpc) is 3.29. The number of aryl methyl sites for hydroxylation is 1. The van der Waals surface area contributed by atoms with Crippen LogP contribution in [0.15, 0.2) is 27.6 Å². The molecule has 4 rings (SSSR count). The van der Waals surface area contributed by atoms with Crippen molar-refractivity contribution in [3.05, 3.63) is 46.9 Å². The Hall–Kier alpha value is -2.63. The predicted molar refractivity (Wildman–Crippen MR) is 141 cm³/mol. The largest absolute Gasteiger partial charge is 0.355 e. The van der Waals surface area contributed by atoms with Gasteiger partial charge in [0.1, 0.15) is 17.3 Å². The van der Waals surface area contributed by atoms with Crippen molar-refractivity contribution in [3.63, 3.8) is 0 Å². The van der Waals surface area contributed by atoms with Crippen molar-refractivity contribution in [1.29, 1.82) is 0 Å². The summed E-state index contributed by atoms with van der Waals surface area (Å²) in [6, 6.07) is 3.64. The number of sulfonamides is 1. The maximum absolute atomic E-state index is 14.0. The van der Waals surface area contributed by atoms with E-state index >= 15 is 0 Å². The highest BCUT2D eigenvalue weighted by Gasteiger charge is 2.37. The number of benzene rings is 1. The van der Waals surface area contributed by atoms with Crippen molar-refractivity contribution in [2.24, 2.45) is 5.92 Å². The van der Waals surface area contributed by atoms with Crippen LogP contribution in [0.3, 0.4) is 0 Å². The lowest BCUT2D eigenvalue weighted by atomic mass is 9.96. The quantitative estimate of drug-likeness (QED) is 0.491. The summed E-state index contributed by atoms with van der Waals surface area (Å²) in [5.74, 6) is -1.60. The first-order valence-corrected chi connectivity index (χ1v) is 14.7. The second-order valence-electron chi connectivity index (χ2n) is 10.1. The van der Waals surface area contributed by atoms with Crippen LogP contribution in [0.4, 0.5) is 8.78 Å². The summed E-state index contributed by atoms with van der Waals surface area (Å²) >= 11 is 0. The van der Waals surface area contributed by atoms with Gasteiger partial charge in [-0.25, -0.2) is 17.2 Å². The number of aromatic nitrogens is 1. The molecular weight excluding hydrogens is 514 g/mol. The molecule has 2 saturated heterocycles. The number of nitrogens with zero attached hydrogens (tertiary/aromatic N) is 4. The summed E-state index contributed by atoms with van der Waals surface area (Å²) < 4.78 is 60.8. The van der Waals surface area contributed by atoms with Gasteiger partial charge in [-0.2, -0.15) is 4.31 Å². The van der Waals surface area contributed by atoms with Crippen LogP contribution in [0, 0.1) is 24.5 Å². The smallest absolute Gasteiger partial charge is 0.248 e. The van der Waals surface area contributed by atoms with Crippen molar-refractivity contribution in [2.45, 2.75) is 57.4 Å². The number of carbonyl (C=O) groups is 1. The number of hydrogen-bond acceptors (Lipinski definition) is 6. The zero-order chi connectivity index (χ0) is 27.4. The highest BCUT2D eigenvalue weighted by molar-refractivity contribution is 7.89. The van der Waals surface area contributed by atoms with E-state index in [4.69, 9.17) is 4.52 Å². The zero-order valence-electron chi connectivity index (χ0n) is 22.2. The van der Waals surface area contributed by atoms with Crippen molar-refractivity contribution in [3.8, 4) is 0 Å². The Bertz CT molecular complexity index is 1260. The topological polar surface area (TPSA) is 87.0 Å². The molecule has 11 heteroatoms. The molecule has 1 aromatic carbocycles. The lowest BCUT2D eigenvalue weighted by molar-refractivity contribution is -0.138. The fourth-order valence-corrected chi connectivity index (χ4v) is 7.03. The predicted octanol–water partition coefficient (Wildman–Crippen LogP) is 4.17. The molecule has 208 valence electrons. The Labute approximate surface area is 223 Å². The van der Waals surface area contributed by atoms with Gasteiger partial charge in [0, 0.05) is 62.9 Å². The molecule has 2 aliphatic heterocycles. The van der Waals surface area contributed by atoms with Gasteiger partial charge in [-0.1, -0.05) is 18.5 Å². The van der Waals surface area contributed by atoms with E-state index < -0.39 is 21.7 Å². The van der Waals surface area contributed by atoms with Crippen LogP contribution in [-0.4, -0.2) is 78.9 Å². The molecular formula is C27H36F2N4O4S. The molecule has 1 amide bonds. The van der Waals surface area contributed by atoms with Crippen LogP contribution in [0.1, 0.15) is 56.5 Å². The molecule has 1 aromatic heterocycles. The van der Waals surface area contributed by atoms with Gasteiger partial charge in [0.15, 0.2) is 10.7 Å². The summed E-state index contributed by atoms with van der Waals surface area (Å²) in [7, 11) is -3.96. The molecule has 2 fully saturated rings. The number of carbonyl (C=O) groups excluding carboxylic acids is 1. The fraction of sp³-hybridized carbons (Fsp3) is 0.556. The minimum atomic E-state index is -3.96. The lowest BCUT2D eigenvalue weighted by Crippen LogP contribution is -2.53. The molecule has 0 spiro atoms. The van der Waals surface area contributed by atoms with E-state index in [1.807, 2.05) is 4.90 Å². The Morgan fingerprint density at radius 3 is 2.45 bits per heavy atom. The molecule has 0 unspecified atom stereocenters. The highest BCUT2D eigenvalue weighted by atomic mass is 32.2. The maximum atomic E-state index is 14.0. The number of piperidine rings is 1. The summed E-state index contributed by atoms with van der Waals surface area (Å²) in [5, 5.41) is 3.81. The number of rotatable bonds is 8. The van der Waals surface area contributed by atoms with Crippen LogP contribution in [0.25, 0.3) is 12.2 Å². The van der Waals surface area contributed by atoms with Crippen molar-refractivity contribution in [1.82, 2.24) is 19.3 Å². The molecule has 0 radical (unpaired) electrons. The Kier molecular flexibility index (Phi) is 9.00. The van der Waals surface area contributed by atoms with Crippen LogP contribution in [0.5, 0.6) is 0 Å². The Balaban J connectivity index is 1.39. The second kappa shape index (κ2) is 12.0. The molecule has 2 aromatic rings. The number of hydrogen-bond donors (Lipinski definition) is 0. The number of halogens is 2. The normalized spacial score (nSPS) is 19.3. The maximum Gasteiger partial charge on any atom is 0.248 e. The summed E-state index contributed by atoms with van der Waals surface area (Å²) in [6.45, 7) is 9.51. The van der Waals surface area contributed by atoms with Gasteiger partial charge in [0.05, 0.1) is 0 Å². The van der Waals surface area contributed by atoms with Gasteiger partial charge in [0.25, 0.3) is 0 Å². The summed E-state index contributed by atoms with van der Waals surface area (Å²) in [5.41, 5.74) is 0.279. The SMILES string of the molecule is CCC[C@H](C)N1CCN(C(=O)C2CCN(S(=O)(=O)c3c(C)noc3/C=C/c3ccc(F)cc3F)CC2)CC1. The van der Waals surface area contributed by atoms with Crippen molar-refractivity contribution >= 4 is 28.1 Å². The first-order valence-electron chi connectivity index (χ1n) is 13.2. The second-order valence-corrected chi connectivity index (χ2v) is 12.0. The first kappa shape index (κ1) is 28.4. The highest BCUT2D eigenvalue weighted by Crippen LogP contribution is 2.30. The molecule has 0 aliphatic carbocycles. The summed E-state index contributed by atoms with van der Waals surface area (Å²) in [6.07, 6.45) is 5.82. The first-order chi connectivity index (χ1) is 18.1. The third-order valence-electron chi connectivity index (χ3n) is 7.57. The molecule has 0 saturated carbocycles. The number of piperazine rings is 1. The van der Waals surface area contributed by atoms with Crippen LogP contribution < -0.4 is 0 Å². The molecule has 8 nitrogen and oxygen atoms in total. The van der Waals surface area contributed by atoms with E-state index in [1.54, 1.807) is 0 Å². The molecule has 1 atom stereocenters. The van der Waals surface area contributed by atoms with E-state index in [1.165, 1.54) is 29.4 Å². The molecule has 0 N–H and O–H groups in total. The Morgan fingerprint density at radius 1 is 1.13 bits per heavy atom. The standard InChI is InChI=1S/C27H36F2N4O4S/c1-4-5-19(2)31-14-16-32(17-15-31)27(34)22-10-12-33(13-11-22)38(35,36)26-20(3)30-37-25(26)9-7-21-6-8-23(28)18-24(21)29/h6-9,18-19,22H,4-5,10-17H2,1-3H3/b9-7+/t19-/m0/s1. The summed E-state index contributed by atoms with van der Waals surface area (Å²) in [4.78, 5) is 17.4. The number of amides is 1. The zero-order valence-corrected chi connectivity index (χ0v) is 23.0. The van der Waals surface area contributed by atoms with Gasteiger partial charge >= 0.3 is 0 Å². The fourth-order valence-electron chi connectivity index (χ4n) is 5.31. The molecule has 2 aliphatic rings. The van der Waals surface area contributed by atoms with Crippen LogP contribution in [-0.2, 0) is 14.8 Å². The van der Waals surface area contributed by atoms with Gasteiger partial charge < -0.3 is 9.42 Å². The third kappa shape index (κ3) is 6.16. The molecule has 0 bridgehead atoms. The molecule has 38 heavy (non-hydrogen) atoms. The van der Waals surface area contributed by atoms with E-state index in [0.717, 1.165) is 38.1 Å². The average molecular weight is 551 g/mol. The van der Waals surface area contributed by atoms with Crippen LogP contribution >= 0.6 is 0 Å². The monoisotopic (exact) mass is 550 g/mol. The third-order valence-corrected chi connectivity index (χ3v) is 9.62. The van der Waals surface area contributed by atoms with E-state index in [9.17, 15) is 22.0 Å². The lowest BCUT2D eigenvalue weighted by Gasteiger charge is -2.40. The van der Waals surface area contributed by atoms with E-state index in [-0.39, 0.29) is 46.8 Å². The van der Waals surface area contributed by atoms with Crippen molar-refractivity contribution in [2.75, 3.05) is 39.3 Å². The Morgan fingerprint density at radius 2 is 1.82 bits per heavy atom. The van der Waals surface area contributed by atoms with E-state index in [0.29, 0.717) is 32.0 Å². The van der Waals surface area contributed by atoms with Crippen LogP contribution in [0.2, 0.25) is 0 Å². The van der Waals surface area contributed by atoms with E-state index in [2.05, 4.69) is 23.9 Å².